The van der Waals surface area contributed by atoms with Crippen LogP contribution in [0.15, 0.2) is 4.79 Å². The molecule has 2 aromatic heterocycles. The van der Waals surface area contributed by atoms with Crippen LogP contribution in [0.4, 0.5) is 0 Å². The van der Waals surface area contributed by atoms with Crippen LogP contribution in [0.2, 0.25) is 0 Å². The Hall–Kier alpha value is -1.71. The molecule has 0 aromatic carbocycles. The van der Waals surface area contributed by atoms with E-state index in [1.54, 1.807) is 11.4 Å². The summed E-state index contributed by atoms with van der Waals surface area (Å²) in [6.45, 7) is 13.9. The van der Waals surface area contributed by atoms with Crippen LogP contribution in [-0.4, -0.2) is 14.6 Å². The van der Waals surface area contributed by atoms with Gasteiger partial charge in [-0.25, -0.2) is 4.52 Å². The lowest BCUT2D eigenvalue weighted by Gasteiger charge is -2.14. The molecule has 2 rings (SSSR count). The van der Waals surface area contributed by atoms with Crippen molar-refractivity contribution in [2.75, 3.05) is 0 Å². The summed E-state index contributed by atoms with van der Waals surface area (Å²) in [6.07, 6.45) is 0. The van der Waals surface area contributed by atoms with Gasteiger partial charge in [0.2, 0.25) is 0 Å². The molecule has 4 nitrogen and oxygen atoms in total. The summed E-state index contributed by atoms with van der Waals surface area (Å²) in [5, 5.41) is 5.29. The molecule has 0 aliphatic heterocycles. The van der Waals surface area contributed by atoms with Crippen molar-refractivity contribution in [3.63, 3.8) is 0 Å². The predicted octanol–water partition coefficient (Wildman–Crippen LogP) is 1.13. The van der Waals surface area contributed by atoms with Crippen LogP contribution in [0.5, 0.6) is 0 Å². The highest BCUT2D eigenvalue weighted by Gasteiger charge is 2.21. The molecule has 0 aliphatic carbocycles. The van der Waals surface area contributed by atoms with E-state index in [1.807, 2.05) is 6.92 Å². The molecule has 0 N–H and O–H groups in total. The zero-order valence-electron chi connectivity index (χ0n) is 11.0. The monoisotopic (exact) mass is 231 g/mol. The van der Waals surface area contributed by atoms with Crippen LogP contribution in [0.25, 0.3) is 12.2 Å². The Bertz CT molecular complexity index is 692. The van der Waals surface area contributed by atoms with Gasteiger partial charge in [0.1, 0.15) is 0 Å². The number of fused-ring (bicyclic) bond motifs is 1. The fourth-order valence-corrected chi connectivity index (χ4v) is 1.89. The summed E-state index contributed by atoms with van der Waals surface area (Å²) in [4.78, 5) is 15.7. The minimum atomic E-state index is -0.194. The Morgan fingerprint density at radius 2 is 1.82 bits per heavy atom. The fraction of sp³-hybridized carbons (Fsp3) is 0.462. The third kappa shape index (κ3) is 1.64. The van der Waals surface area contributed by atoms with Gasteiger partial charge in [0, 0.05) is 21.9 Å². The topological polar surface area (TPSA) is 47.3 Å². The lowest BCUT2D eigenvalue weighted by molar-refractivity contribution is 0.558. The first-order valence-electron chi connectivity index (χ1n) is 5.63. The quantitative estimate of drug-likeness (QED) is 0.683. The molecule has 0 radical (unpaired) electrons. The second-order valence-electron chi connectivity index (χ2n) is 5.44. The van der Waals surface area contributed by atoms with Crippen LogP contribution in [0.1, 0.15) is 37.7 Å². The molecule has 0 aliphatic rings. The summed E-state index contributed by atoms with van der Waals surface area (Å²) < 4.78 is 1.72. The molecule has 0 unspecified atom stereocenters. The molecule has 0 fully saturated rings. The summed E-state index contributed by atoms with van der Waals surface area (Å²) in [6, 6.07) is 0. The Morgan fingerprint density at radius 1 is 1.24 bits per heavy atom. The average molecular weight is 231 g/mol. The van der Waals surface area contributed by atoms with Crippen molar-refractivity contribution in [2.45, 2.75) is 40.0 Å². The molecule has 0 saturated heterocycles. The van der Waals surface area contributed by atoms with Gasteiger partial charge in [-0.15, -0.1) is 0 Å². The van der Waals surface area contributed by atoms with Gasteiger partial charge >= 0.3 is 0 Å². The van der Waals surface area contributed by atoms with E-state index >= 15 is 0 Å². The molecule has 0 spiro atoms. The highest BCUT2D eigenvalue weighted by atomic mass is 16.1. The highest BCUT2D eigenvalue weighted by Crippen LogP contribution is 2.17. The van der Waals surface area contributed by atoms with Gasteiger partial charge in [-0.2, -0.15) is 10.1 Å². The maximum absolute atomic E-state index is 11.7. The third-order valence-electron chi connectivity index (χ3n) is 3.06. The molecule has 4 heteroatoms. The van der Waals surface area contributed by atoms with E-state index in [0.717, 1.165) is 16.6 Å². The summed E-state index contributed by atoms with van der Waals surface area (Å²) in [7, 11) is 0. The summed E-state index contributed by atoms with van der Waals surface area (Å²) in [5.74, 6) is 0. The molecular weight excluding hydrogens is 214 g/mol. The third-order valence-corrected chi connectivity index (χ3v) is 3.06. The van der Waals surface area contributed by atoms with Gasteiger partial charge in [-0.1, -0.05) is 27.4 Å². The molecule has 2 aromatic rings. The second-order valence-corrected chi connectivity index (χ2v) is 5.44. The SMILES string of the molecule is C=c1c(C(C)(C)C)nn2c(C)c(C)c(=O)nc12. The fourth-order valence-electron chi connectivity index (χ4n) is 1.89. The van der Waals surface area contributed by atoms with Crippen molar-refractivity contribution < 1.29 is 0 Å². The number of hydrogen-bond acceptors (Lipinski definition) is 3. The van der Waals surface area contributed by atoms with E-state index in [9.17, 15) is 4.79 Å². The molecule has 90 valence electrons. The van der Waals surface area contributed by atoms with Crippen molar-refractivity contribution >= 4 is 12.2 Å². The number of nitrogens with zero attached hydrogens (tertiary/aromatic N) is 3. The summed E-state index contributed by atoms with van der Waals surface area (Å²) in [5.41, 5.74) is 2.64. The minimum Gasteiger partial charge on any atom is -0.267 e. The number of aromatic nitrogens is 3. The zero-order valence-corrected chi connectivity index (χ0v) is 11.0. The number of aryl methyl sites for hydroxylation is 1. The number of rotatable bonds is 0. The molecule has 0 saturated carbocycles. The van der Waals surface area contributed by atoms with Crippen molar-refractivity contribution in [2.24, 2.45) is 0 Å². The Balaban J connectivity index is 2.99. The van der Waals surface area contributed by atoms with Crippen molar-refractivity contribution in [1.82, 2.24) is 14.6 Å². The van der Waals surface area contributed by atoms with Gasteiger partial charge in [0.15, 0.2) is 5.65 Å². The Kier molecular flexibility index (Phi) is 2.35. The van der Waals surface area contributed by atoms with E-state index in [-0.39, 0.29) is 11.0 Å². The van der Waals surface area contributed by atoms with Gasteiger partial charge < -0.3 is 0 Å². The van der Waals surface area contributed by atoms with E-state index < -0.39 is 0 Å². The largest absolute Gasteiger partial charge is 0.276 e. The van der Waals surface area contributed by atoms with E-state index in [0.29, 0.717) is 11.2 Å². The van der Waals surface area contributed by atoms with Crippen molar-refractivity contribution in [1.29, 1.82) is 0 Å². The van der Waals surface area contributed by atoms with Gasteiger partial charge in [-0.05, 0) is 13.8 Å². The van der Waals surface area contributed by atoms with E-state index in [4.69, 9.17) is 0 Å². The lowest BCUT2D eigenvalue weighted by atomic mass is 9.91. The molecule has 0 bridgehead atoms. The molecular formula is C13H17N3O. The standard InChI is InChI=1S/C13H17N3O/c1-7-9(3)16-11(14-12(7)17)8(2)10(15-16)13(4,5)6/h2H2,1,3-6H3. The average Bonchev–Trinajstić information content (AvgIpc) is 2.53. The summed E-state index contributed by atoms with van der Waals surface area (Å²) >= 11 is 0. The van der Waals surface area contributed by atoms with E-state index in [1.165, 1.54) is 0 Å². The van der Waals surface area contributed by atoms with Crippen LogP contribution in [0, 0.1) is 13.8 Å². The molecule has 17 heavy (non-hydrogen) atoms. The minimum absolute atomic E-state index is 0.103. The zero-order chi connectivity index (χ0) is 13.0. The first kappa shape index (κ1) is 11.8. The van der Waals surface area contributed by atoms with Gasteiger partial charge in [-0.3, -0.25) is 4.79 Å². The molecule has 0 amide bonds. The first-order valence-corrected chi connectivity index (χ1v) is 5.63. The lowest BCUT2D eigenvalue weighted by Crippen LogP contribution is -2.21. The highest BCUT2D eigenvalue weighted by molar-refractivity contribution is 5.46. The van der Waals surface area contributed by atoms with Crippen LogP contribution in [0.3, 0.4) is 0 Å². The normalized spacial score (nSPS) is 12.3. The van der Waals surface area contributed by atoms with Gasteiger partial charge in [0.25, 0.3) is 5.56 Å². The molecule has 0 atom stereocenters. The van der Waals surface area contributed by atoms with E-state index in [2.05, 4.69) is 37.4 Å². The second kappa shape index (κ2) is 3.39. The molecule has 2 heterocycles. The predicted molar refractivity (Wildman–Crippen MR) is 68.2 cm³/mol. The van der Waals surface area contributed by atoms with Crippen LogP contribution in [-0.2, 0) is 5.41 Å². The maximum atomic E-state index is 11.7. The first-order chi connectivity index (χ1) is 7.73. The Labute approximate surface area is 100.0 Å². The van der Waals surface area contributed by atoms with Gasteiger partial charge in [0.05, 0.1) is 5.69 Å². The smallest absolute Gasteiger partial charge is 0.267 e. The number of hydrogen-bond donors (Lipinski definition) is 0. The van der Waals surface area contributed by atoms with Crippen LogP contribution >= 0.6 is 0 Å². The van der Waals surface area contributed by atoms with Crippen molar-refractivity contribution in [3.8, 4) is 0 Å². The Morgan fingerprint density at radius 3 is 2.35 bits per heavy atom. The maximum Gasteiger partial charge on any atom is 0.276 e. The van der Waals surface area contributed by atoms with Crippen molar-refractivity contribution in [3.05, 3.63) is 32.5 Å². The van der Waals surface area contributed by atoms with Crippen LogP contribution < -0.4 is 10.8 Å².